The number of fused-ring (bicyclic) bond motifs is 11. The van der Waals surface area contributed by atoms with Gasteiger partial charge in [0.2, 0.25) is 0 Å². The summed E-state index contributed by atoms with van der Waals surface area (Å²) in [5, 5.41) is 2.53. The van der Waals surface area contributed by atoms with Crippen molar-refractivity contribution < 1.29 is 0 Å². The number of benzene rings is 8. The summed E-state index contributed by atoms with van der Waals surface area (Å²) in [6.45, 7) is 0. The Morgan fingerprint density at radius 3 is 1.56 bits per heavy atom. The van der Waals surface area contributed by atoms with Gasteiger partial charge in [-0.15, -0.1) is 0 Å². The van der Waals surface area contributed by atoms with Gasteiger partial charge in [-0.2, -0.15) is 0 Å². The third-order valence-electron chi connectivity index (χ3n) is 10.9. The minimum atomic E-state index is -0.484. The van der Waals surface area contributed by atoms with Crippen LogP contribution in [0.3, 0.4) is 0 Å². The number of para-hydroxylation sites is 2. The molecule has 3 heteroatoms. The Kier molecular flexibility index (Phi) is 6.70. The smallest absolute Gasteiger partial charge is 0.0745 e. The summed E-state index contributed by atoms with van der Waals surface area (Å²) in [5.41, 5.74) is 13.6. The van der Waals surface area contributed by atoms with Crippen molar-refractivity contribution in [2.75, 3.05) is 0 Å². The normalized spacial score (nSPS) is 15.6. The van der Waals surface area contributed by atoms with Crippen molar-refractivity contribution >= 4 is 45.3 Å². The van der Waals surface area contributed by atoms with E-state index >= 15 is 0 Å². The third-order valence-corrected chi connectivity index (χ3v) is 13.4. The molecule has 2 aliphatic rings. The van der Waals surface area contributed by atoms with Crippen molar-refractivity contribution in [3.8, 4) is 27.9 Å². The largest absolute Gasteiger partial charge is 0.309 e. The Labute approximate surface area is 311 Å². The van der Waals surface area contributed by atoms with Gasteiger partial charge in [-0.05, 0) is 87.0 Å². The average molecular weight is 698 g/mol. The van der Waals surface area contributed by atoms with Crippen LogP contribution in [0.4, 0.5) is 0 Å². The van der Waals surface area contributed by atoms with Crippen LogP contribution in [0.5, 0.6) is 0 Å². The van der Waals surface area contributed by atoms with Crippen LogP contribution in [-0.4, -0.2) is 4.57 Å². The highest BCUT2D eigenvalue weighted by atomic mass is 32.2. The highest BCUT2D eigenvalue weighted by Gasteiger charge is 2.49. The summed E-state index contributed by atoms with van der Waals surface area (Å²) in [4.78, 5) is 5.28. The average Bonchev–Trinajstić information content (AvgIpc) is 3.55. The van der Waals surface area contributed by atoms with Crippen molar-refractivity contribution in [2.45, 2.75) is 25.0 Å². The van der Waals surface area contributed by atoms with Gasteiger partial charge in [0, 0.05) is 36.0 Å². The SMILES string of the molecule is c1ccc(-c2cccc3c2Sc2ccccc2C32c3ccccc3Sc3c(-c4ccc5c(c4)c4ccccc4n5-c4ccccc4)cccc32)cc1. The maximum Gasteiger partial charge on any atom is 0.0745 e. The van der Waals surface area contributed by atoms with E-state index in [1.165, 1.54) is 91.6 Å². The highest BCUT2D eigenvalue weighted by Crippen LogP contribution is 2.63. The van der Waals surface area contributed by atoms with Crippen molar-refractivity contribution in [3.05, 3.63) is 210 Å². The number of aromatic nitrogens is 1. The number of nitrogens with zero attached hydrogens (tertiary/aromatic N) is 1. The van der Waals surface area contributed by atoms with Gasteiger partial charge in [-0.25, -0.2) is 0 Å². The molecule has 1 aromatic heterocycles. The van der Waals surface area contributed by atoms with Gasteiger partial charge in [0.25, 0.3) is 0 Å². The Morgan fingerprint density at radius 2 is 0.885 bits per heavy atom. The summed E-state index contributed by atoms with van der Waals surface area (Å²) < 4.78 is 2.40. The summed E-state index contributed by atoms with van der Waals surface area (Å²) in [6.07, 6.45) is 0. The molecule has 52 heavy (non-hydrogen) atoms. The van der Waals surface area contributed by atoms with Crippen molar-refractivity contribution in [1.29, 1.82) is 0 Å². The second-order valence-electron chi connectivity index (χ2n) is 13.6. The van der Waals surface area contributed by atoms with E-state index < -0.39 is 5.41 Å². The van der Waals surface area contributed by atoms with Crippen LogP contribution in [0.15, 0.2) is 208 Å². The van der Waals surface area contributed by atoms with Crippen LogP contribution < -0.4 is 0 Å². The first kappa shape index (κ1) is 29.9. The zero-order chi connectivity index (χ0) is 34.2. The zero-order valence-corrected chi connectivity index (χ0v) is 29.8. The van der Waals surface area contributed by atoms with Crippen LogP contribution in [-0.2, 0) is 5.41 Å². The Balaban J connectivity index is 1.20. The molecular weight excluding hydrogens is 667 g/mol. The number of hydrogen-bond donors (Lipinski definition) is 0. The fourth-order valence-corrected chi connectivity index (χ4v) is 11.4. The Morgan fingerprint density at radius 1 is 0.365 bits per heavy atom. The zero-order valence-electron chi connectivity index (χ0n) is 28.2. The lowest BCUT2D eigenvalue weighted by Crippen LogP contribution is -2.37. The molecule has 0 aliphatic carbocycles. The van der Waals surface area contributed by atoms with Gasteiger partial charge in [-0.1, -0.05) is 169 Å². The molecule has 0 bridgehead atoms. The van der Waals surface area contributed by atoms with Crippen molar-refractivity contribution in [1.82, 2.24) is 4.57 Å². The quantitative estimate of drug-likeness (QED) is 0.181. The predicted molar refractivity (Wildman–Crippen MR) is 218 cm³/mol. The molecule has 0 fully saturated rings. The van der Waals surface area contributed by atoms with Crippen LogP contribution in [0, 0.1) is 0 Å². The van der Waals surface area contributed by atoms with Gasteiger partial charge < -0.3 is 4.57 Å². The topological polar surface area (TPSA) is 4.93 Å². The molecule has 1 spiro atoms. The molecule has 0 saturated heterocycles. The summed E-state index contributed by atoms with van der Waals surface area (Å²) >= 11 is 3.84. The molecule has 0 N–H and O–H groups in total. The molecule has 244 valence electrons. The van der Waals surface area contributed by atoms with Gasteiger partial charge in [0.15, 0.2) is 0 Å². The third kappa shape index (κ3) is 4.21. The van der Waals surface area contributed by atoms with Crippen molar-refractivity contribution in [3.63, 3.8) is 0 Å². The molecule has 0 amide bonds. The maximum absolute atomic E-state index is 2.42. The molecule has 1 unspecified atom stereocenters. The van der Waals surface area contributed by atoms with Crippen molar-refractivity contribution in [2.24, 2.45) is 0 Å². The van der Waals surface area contributed by atoms with E-state index in [2.05, 4.69) is 193 Å². The molecule has 8 aromatic carbocycles. The van der Waals surface area contributed by atoms with E-state index in [0.29, 0.717) is 0 Å². The van der Waals surface area contributed by atoms with Crippen LogP contribution in [0.2, 0.25) is 0 Å². The Hall–Kier alpha value is -5.74. The van der Waals surface area contributed by atoms with E-state index in [0.717, 1.165) is 0 Å². The van der Waals surface area contributed by atoms with E-state index in [1.807, 2.05) is 23.5 Å². The molecule has 1 nitrogen and oxygen atoms in total. The van der Waals surface area contributed by atoms with Gasteiger partial charge in [0.05, 0.1) is 16.4 Å². The maximum atomic E-state index is 2.42. The lowest BCUT2D eigenvalue weighted by atomic mass is 9.64. The lowest BCUT2D eigenvalue weighted by molar-refractivity contribution is 0.668. The summed E-state index contributed by atoms with van der Waals surface area (Å²) in [5.74, 6) is 0. The molecule has 3 heterocycles. The molecule has 2 aliphatic heterocycles. The van der Waals surface area contributed by atoms with Crippen LogP contribution in [0.25, 0.3) is 49.7 Å². The monoisotopic (exact) mass is 697 g/mol. The molecule has 0 saturated carbocycles. The summed E-state index contributed by atoms with van der Waals surface area (Å²) in [7, 11) is 0. The lowest BCUT2D eigenvalue weighted by Gasteiger charge is -2.46. The van der Waals surface area contributed by atoms with Gasteiger partial charge in [-0.3, -0.25) is 0 Å². The Bertz CT molecular complexity index is 2840. The van der Waals surface area contributed by atoms with E-state index in [9.17, 15) is 0 Å². The second kappa shape index (κ2) is 11.6. The first-order chi connectivity index (χ1) is 25.8. The predicted octanol–water partition coefficient (Wildman–Crippen LogP) is 13.4. The van der Waals surface area contributed by atoms with E-state index in [4.69, 9.17) is 0 Å². The molecule has 11 rings (SSSR count). The standard InChI is InChI=1S/C49H31NS2/c1-3-15-32(16-4-1)35-20-13-24-41-47(35)51-45-27-11-8-22-39(45)49(41)40-23-9-12-28-46(40)52-48-36(21-14-25-42(48)49)33-29-30-44-38(31-33)37-19-7-10-26-43(37)50(44)34-17-5-2-6-18-34/h1-31H. The van der Waals surface area contributed by atoms with Crippen LogP contribution in [0.1, 0.15) is 22.3 Å². The van der Waals surface area contributed by atoms with Gasteiger partial charge >= 0.3 is 0 Å². The molecule has 1 atom stereocenters. The minimum absolute atomic E-state index is 0.484. The highest BCUT2D eigenvalue weighted by molar-refractivity contribution is 8.00. The van der Waals surface area contributed by atoms with E-state index in [-0.39, 0.29) is 0 Å². The first-order valence-corrected chi connectivity index (χ1v) is 19.4. The van der Waals surface area contributed by atoms with E-state index in [1.54, 1.807) is 0 Å². The number of hydrogen-bond acceptors (Lipinski definition) is 2. The van der Waals surface area contributed by atoms with Gasteiger partial charge in [0.1, 0.15) is 0 Å². The summed E-state index contributed by atoms with van der Waals surface area (Å²) in [6, 6.07) is 69.6. The molecule has 9 aromatic rings. The fourth-order valence-electron chi connectivity index (χ4n) is 8.77. The first-order valence-electron chi connectivity index (χ1n) is 17.8. The molecular formula is C49H31NS2. The second-order valence-corrected chi connectivity index (χ2v) is 15.7. The van der Waals surface area contributed by atoms with Crippen LogP contribution >= 0.6 is 23.5 Å². The fraction of sp³-hybridized carbons (Fsp3) is 0.0204. The number of rotatable bonds is 3. The molecule has 0 radical (unpaired) electrons. The minimum Gasteiger partial charge on any atom is -0.309 e.